The summed E-state index contributed by atoms with van der Waals surface area (Å²) >= 11 is 0. The van der Waals surface area contributed by atoms with Crippen molar-refractivity contribution in [1.29, 1.82) is 0 Å². The first-order valence-electron chi connectivity index (χ1n) is 8.23. The van der Waals surface area contributed by atoms with Gasteiger partial charge in [-0.25, -0.2) is 0 Å². The third-order valence-electron chi connectivity index (χ3n) is 4.24. The third kappa shape index (κ3) is 5.70. The first kappa shape index (κ1) is 18.6. The molecule has 0 aromatic heterocycles. The summed E-state index contributed by atoms with van der Waals surface area (Å²) in [6, 6.07) is 6.24. The minimum atomic E-state index is -4.75. The van der Waals surface area contributed by atoms with Crippen molar-refractivity contribution in [2.24, 2.45) is 0 Å². The van der Waals surface area contributed by atoms with Crippen molar-refractivity contribution in [2.45, 2.75) is 51.6 Å². The van der Waals surface area contributed by atoms with Crippen LogP contribution in [0.25, 0.3) is 0 Å². The Labute approximate surface area is 140 Å². The van der Waals surface area contributed by atoms with Gasteiger partial charge in [0.15, 0.2) is 0 Å². The predicted octanol–water partition coefficient (Wildman–Crippen LogP) is 3.47. The first-order valence-corrected chi connectivity index (χ1v) is 8.23. The lowest BCUT2D eigenvalue weighted by Gasteiger charge is -2.34. The number of para-hydroxylation sites is 1. The number of hydrogen-bond acceptors (Lipinski definition) is 3. The first-order chi connectivity index (χ1) is 11.4. The highest BCUT2D eigenvalue weighted by molar-refractivity contribution is 5.78. The van der Waals surface area contributed by atoms with Crippen molar-refractivity contribution in [2.75, 3.05) is 13.1 Å². The Morgan fingerprint density at radius 3 is 2.79 bits per heavy atom. The Bertz CT molecular complexity index is 549. The Hall–Kier alpha value is -1.76. The molecular weight excluding hydrogens is 321 g/mol. The lowest BCUT2D eigenvalue weighted by atomic mass is 10.00. The van der Waals surface area contributed by atoms with Crippen LogP contribution in [-0.4, -0.2) is 36.3 Å². The molecule has 1 N–H and O–H groups in total. The average Bonchev–Trinajstić information content (AvgIpc) is 2.53. The molecule has 24 heavy (non-hydrogen) atoms. The van der Waals surface area contributed by atoms with E-state index in [1.807, 2.05) is 0 Å². The molecule has 0 radical (unpaired) electrons. The van der Waals surface area contributed by atoms with E-state index in [0.717, 1.165) is 25.8 Å². The monoisotopic (exact) mass is 344 g/mol. The van der Waals surface area contributed by atoms with Gasteiger partial charge in [-0.1, -0.05) is 31.5 Å². The summed E-state index contributed by atoms with van der Waals surface area (Å²) in [4.78, 5) is 14.3. The van der Waals surface area contributed by atoms with Crippen LogP contribution in [0.4, 0.5) is 13.2 Å². The third-order valence-corrected chi connectivity index (χ3v) is 4.24. The number of ether oxygens (including phenoxy) is 1. The lowest BCUT2D eigenvalue weighted by molar-refractivity contribution is -0.274. The zero-order valence-corrected chi connectivity index (χ0v) is 13.7. The molecule has 1 aliphatic rings. The van der Waals surface area contributed by atoms with E-state index in [4.69, 9.17) is 0 Å². The summed E-state index contributed by atoms with van der Waals surface area (Å²) in [6.45, 7) is 3.28. The highest BCUT2D eigenvalue weighted by atomic mass is 19.4. The van der Waals surface area contributed by atoms with Crippen LogP contribution in [0.5, 0.6) is 5.75 Å². The molecule has 2 rings (SSSR count). The van der Waals surface area contributed by atoms with E-state index in [-0.39, 0.29) is 24.7 Å². The van der Waals surface area contributed by atoms with Gasteiger partial charge in [0.05, 0.1) is 6.54 Å². The van der Waals surface area contributed by atoms with Crippen LogP contribution in [0.15, 0.2) is 24.3 Å². The molecule has 1 aromatic carbocycles. The van der Waals surface area contributed by atoms with E-state index in [1.54, 1.807) is 6.07 Å². The molecule has 1 fully saturated rings. The molecule has 1 saturated heterocycles. The molecule has 1 amide bonds. The maximum Gasteiger partial charge on any atom is 0.573 e. The second-order valence-electron chi connectivity index (χ2n) is 5.96. The molecule has 1 aliphatic heterocycles. The molecule has 7 heteroatoms. The molecule has 0 bridgehead atoms. The fourth-order valence-corrected chi connectivity index (χ4v) is 3.04. The van der Waals surface area contributed by atoms with Crippen LogP contribution >= 0.6 is 0 Å². The molecule has 0 spiro atoms. The highest BCUT2D eigenvalue weighted by Crippen LogP contribution is 2.26. The van der Waals surface area contributed by atoms with Crippen LogP contribution < -0.4 is 10.1 Å². The van der Waals surface area contributed by atoms with Crippen LogP contribution in [0.2, 0.25) is 0 Å². The molecule has 0 saturated carbocycles. The van der Waals surface area contributed by atoms with Gasteiger partial charge < -0.3 is 10.1 Å². The SMILES string of the molecule is CCC1CCCCN1CC(=O)NCc1ccccc1OC(F)(F)F. The maximum atomic E-state index is 12.4. The number of alkyl halides is 3. The fraction of sp³-hybridized carbons (Fsp3) is 0.588. The van der Waals surface area contributed by atoms with E-state index in [2.05, 4.69) is 21.9 Å². The van der Waals surface area contributed by atoms with Crippen molar-refractivity contribution in [1.82, 2.24) is 10.2 Å². The molecular formula is C17H23F3N2O2. The average molecular weight is 344 g/mol. The van der Waals surface area contributed by atoms with E-state index in [1.165, 1.54) is 24.6 Å². The number of nitrogens with one attached hydrogen (secondary N) is 1. The second kappa shape index (κ2) is 8.37. The largest absolute Gasteiger partial charge is 0.573 e. The van der Waals surface area contributed by atoms with Gasteiger partial charge in [-0.3, -0.25) is 9.69 Å². The van der Waals surface area contributed by atoms with Crippen molar-refractivity contribution in [3.63, 3.8) is 0 Å². The summed E-state index contributed by atoms with van der Waals surface area (Å²) in [7, 11) is 0. The van der Waals surface area contributed by atoms with Gasteiger partial charge in [-0.15, -0.1) is 13.2 Å². The summed E-state index contributed by atoms with van der Waals surface area (Å²) in [5.41, 5.74) is 0.300. The van der Waals surface area contributed by atoms with Crippen molar-refractivity contribution >= 4 is 5.91 Å². The number of nitrogens with zero attached hydrogens (tertiary/aromatic N) is 1. The Morgan fingerprint density at radius 1 is 1.33 bits per heavy atom. The Balaban J connectivity index is 1.90. The van der Waals surface area contributed by atoms with Crippen molar-refractivity contribution in [3.05, 3.63) is 29.8 Å². The smallest absolute Gasteiger partial charge is 0.405 e. The number of rotatable bonds is 6. The number of carbonyl (C=O) groups excluding carboxylic acids is 1. The molecule has 1 unspecified atom stereocenters. The second-order valence-corrected chi connectivity index (χ2v) is 5.96. The van der Waals surface area contributed by atoms with Crippen LogP contribution in [-0.2, 0) is 11.3 Å². The number of hydrogen-bond donors (Lipinski definition) is 1. The summed E-state index contributed by atoms with van der Waals surface area (Å²) in [5, 5.41) is 2.69. The Kier molecular flexibility index (Phi) is 6.48. The van der Waals surface area contributed by atoms with Gasteiger partial charge >= 0.3 is 6.36 Å². The quantitative estimate of drug-likeness (QED) is 0.859. The van der Waals surface area contributed by atoms with Crippen LogP contribution in [0, 0.1) is 0 Å². The van der Waals surface area contributed by atoms with Gasteiger partial charge in [0.2, 0.25) is 5.91 Å². The van der Waals surface area contributed by atoms with Gasteiger partial charge in [0.1, 0.15) is 5.75 Å². The van der Waals surface area contributed by atoms with E-state index >= 15 is 0 Å². The summed E-state index contributed by atoms with van der Waals surface area (Å²) in [5.74, 6) is -0.466. The normalized spacial score (nSPS) is 19.1. The number of amides is 1. The van der Waals surface area contributed by atoms with E-state index in [9.17, 15) is 18.0 Å². The number of halogens is 3. The molecule has 1 atom stereocenters. The number of likely N-dealkylation sites (tertiary alicyclic amines) is 1. The van der Waals surface area contributed by atoms with Crippen LogP contribution in [0.1, 0.15) is 38.2 Å². The highest BCUT2D eigenvalue weighted by Gasteiger charge is 2.32. The molecule has 0 aliphatic carbocycles. The van der Waals surface area contributed by atoms with Gasteiger partial charge in [-0.05, 0) is 31.9 Å². The minimum Gasteiger partial charge on any atom is -0.405 e. The van der Waals surface area contributed by atoms with Crippen molar-refractivity contribution in [3.8, 4) is 5.75 Å². The minimum absolute atomic E-state index is 0.00964. The fourth-order valence-electron chi connectivity index (χ4n) is 3.04. The predicted molar refractivity (Wildman–Crippen MR) is 84.5 cm³/mol. The zero-order valence-electron chi connectivity index (χ0n) is 13.7. The molecule has 1 heterocycles. The number of carbonyl (C=O) groups is 1. The maximum absolute atomic E-state index is 12.4. The van der Waals surface area contributed by atoms with Crippen LogP contribution in [0.3, 0.4) is 0 Å². The molecule has 4 nitrogen and oxygen atoms in total. The zero-order chi connectivity index (χ0) is 17.6. The Morgan fingerprint density at radius 2 is 2.08 bits per heavy atom. The van der Waals surface area contributed by atoms with Crippen molar-refractivity contribution < 1.29 is 22.7 Å². The molecule has 134 valence electrons. The summed E-state index contributed by atoms with van der Waals surface area (Å²) < 4.78 is 41.2. The van der Waals surface area contributed by atoms with Gasteiger partial charge in [0.25, 0.3) is 0 Å². The number of benzene rings is 1. The lowest BCUT2D eigenvalue weighted by Crippen LogP contribution is -2.45. The van der Waals surface area contributed by atoms with E-state index in [0.29, 0.717) is 11.6 Å². The summed E-state index contributed by atoms with van der Waals surface area (Å²) in [6.07, 6.45) is -0.408. The number of piperidine rings is 1. The van der Waals surface area contributed by atoms with Gasteiger partial charge in [0, 0.05) is 18.2 Å². The van der Waals surface area contributed by atoms with E-state index < -0.39 is 6.36 Å². The standard InChI is InChI=1S/C17H23F3N2O2/c1-2-14-8-5-6-10-22(14)12-16(23)21-11-13-7-3-4-9-15(13)24-17(18,19)20/h3-4,7,9,14H,2,5-6,8,10-12H2,1H3,(H,21,23). The van der Waals surface area contributed by atoms with Gasteiger partial charge in [-0.2, -0.15) is 0 Å². The molecule has 1 aromatic rings. The topological polar surface area (TPSA) is 41.6 Å².